The molecule has 5 heteroatoms. The molecule has 78 heavy (non-hydrogen) atoms. The van der Waals surface area contributed by atoms with Crippen LogP contribution >= 0.6 is 0 Å². The van der Waals surface area contributed by atoms with E-state index in [0.29, 0.717) is 12.8 Å². The number of rotatable bonds is 62. The van der Waals surface area contributed by atoms with Gasteiger partial charge >= 0.3 is 11.9 Å². The SMILES string of the molecule is CC/C=C\C/C=C\C/C=C\C/C=C\CCCCCCCCCCCCCCCCCCCCCCCCC(=O)OC(CO)COC(=O)CCCCCCCCCCCCCCCCCC/C=C\C/C=C\C/C=C\C/C=C\CC. The largest absolute Gasteiger partial charge is 0.462 e. The highest BCUT2D eigenvalue weighted by Crippen LogP contribution is 2.18. The summed E-state index contributed by atoms with van der Waals surface area (Å²) in [5.74, 6) is -0.576. The van der Waals surface area contributed by atoms with E-state index in [0.717, 1.165) is 89.9 Å². The van der Waals surface area contributed by atoms with Crippen LogP contribution in [0.15, 0.2) is 97.2 Å². The molecule has 0 fully saturated rings. The standard InChI is InChI=1S/C73H128O5/c1-3-5-7-9-11-13-15-17-19-21-23-25-27-29-31-33-34-35-36-37-38-40-42-44-46-48-50-52-54-56-58-60-62-64-66-68-73(76)78-71(69-74)70-77-72(75)67-65-63-61-59-57-55-53-51-49-47-45-43-41-39-32-30-28-26-24-22-20-18-16-14-12-10-8-6-4-2/h5-8,11-14,17-20,23-26,71,74H,3-4,9-10,15-16,21-22,27-70H2,1-2H3/b7-5-,8-6-,13-11-,14-12-,19-17-,20-18-,25-23-,26-24-. The van der Waals surface area contributed by atoms with Crippen LogP contribution < -0.4 is 0 Å². The van der Waals surface area contributed by atoms with Gasteiger partial charge < -0.3 is 14.6 Å². The van der Waals surface area contributed by atoms with Crippen LogP contribution in [0.5, 0.6) is 0 Å². The van der Waals surface area contributed by atoms with E-state index in [4.69, 9.17) is 9.47 Å². The molecule has 0 aromatic carbocycles. The van der Waals surface area contributed by atoms with Crippen molar-refractivity contribution in [3.05, 3.63) is 97.2 Å². The molecule has 1 atom stereocenters. The molecule has 0 saturated carbocycles. The fraction of sp³-hybridized carbons (Fsp3) is 0.753. The monoisotopic (exact) mass is 1080 g/mol. The Bertz CT molecular complexity index is 1460. The van der Waals surface area contributed by atoms with E-state index < -0.39 is 6.10 Å². The number of esters is 2. The van der Waals surface area contributed by atoms with E-state index in [1.165, 1.54) is 218 Å². The van der Waals surface area contributed by atoms with Gasteiger partial charge in [0.25, 0.3) is 0 Å². The molecule has 0 bridgehead atoms. The van der Waals surface area contributed by atoms with Crippen LogP contribution in [0.4, 0.5) is 0 Å². The maximum absolute atomic E-state index is 12.4. The summed E-state index contributed by atoms with van der Waals surface area (Å²) in [6, 6.07) is 0. The minimum Gasteiger partial charge on any atom is -0.462 e. The van der Waals surface area contributed by atoms with Crippen molar-refractivity contribution >= 4 is 11.9 Å². The number of aliphatic hydroxyl groups is 1. The Morgan fingerprint density at radius 2 is 0.513 bits per heavy atom. The Balaban J connectivity index is 3.42. The number of hydrogen-bond acceptors (Lipinski definition) is 5. The number of unbranched alkanes of at least 4 members (excludes halogenated alkanes) is 38. The lowest BCUT2D eigenvalue weighted by molar-refractivity contribution is -0.161. The maximum atomic E-state index is 12.4. The van der Waals surface area contributed by atoms with Gasteiger partial charge in [0.15, 0.2) is 6.10 Å². The number of carbonyl (C=O) groups excluding carboxylic acids is 2. The second-order valence-corrected chi connectivity index (χ2v) is 22.5. The highest BCUT2D eigenvalue weighted by molar-refractivity contribution is 5.70. The van der Waals surface area contributed by atoms with E-state index in [1.807, 2.05) is 0 Å². The lowest BCUT2D eigenvalue weighted by atomic mass is 10.0. The first-order valence-electron chi connectivity index (χ1n) is 33.8. The van der Waals surface area contributed by atoms with Crippen molar-refractivity contribution in [2.24, 2.45) is 0 Å². The van der Waals surface area contributed by atoms with Gasteiger partial charge in [-0.2, -0.15) is 0 Å². The van der Waals surface area contributed by atoms with Crippen LogP contribution in [0.25, 0.3) is 0 Å². The normalized spacial score (nSPS) is 12.8. The molecule has 450 valence electrons. The lowest BCUT2D eigenvalue weighted by Crippen LogP contribution is -2.28. The van der Waals surface area contributed by atoms with E-state index in [1.54, 1.807) is 0 Å². The fourth-order valence-electron chi connectivity index (χ4n) is 9.90. The second-order valence-electron chi connectivity index (χ2n) is 22.5. The van der Waals surface area contributed by atoms with Gasteiger partial charge in [-0.3, -0.25) is 9.59 Å². The number of carbonyl (C=O) groups is 2. The van der Waals surface area contributed by atoms with Gasteiger partial charge in [0, 0.05) is 12.8 Å². The van der Waals surface area contributed by atoms with Crippen LogP contribution in [0.2, 0.25) is 0 Å². The molecule has 0 spiro atoms. The zero-order chi connectivity index (χ0) is 56.2. The van der Waals surface area contributed by atoms with Gasteiger partial charge in [0.1, 0.15) is 6.61 Å². The van der Waals surface area contributed by atoms with Gasteiger partial charge in [-0.15, -0.1) is 0 Å². The molecule has 0 rings (SSSR count). The van der Waals surface area contributed by atoms with Crippen molar-refractivity contribution in [2.45, 2.75) is 341 Å². The van der Waals surface area contributed by atoms with Crippen molar-refractivity contribution in [2.75, 3.05) is 13.2 Å². The molecule has 0 aliphatic rings. The highest BCUT2D eigenvalue weighted by atomic mass is 16.6. The summed E-state index contributed by atoms with van der Waals surface area (Å²) in [6.45, 7) is 3.95. The average Bonchev–Trinajstić information content (AvgIpc) is 3.44. The Morgan fingerprint density at radius 3 is 0.769 bits per heavy atom. The second kappa shape index (κ2) is 68.1. The summed E-state index contributed by atoms with van der Waals surface area (Å²) in [5.41, 5.74) is 0. The smallest absolute Gasteiger partial charge is 0.306 e. The minimum atomic E-state index is -0.775. The Hall–Kier alpha value is -3.18. The topological polar surface area (TPSA) is 72.8 Å². The average molecular weight is 1090 g/mol. The molecule has 0 amide bonds. The molecule has 1 N–H and O–H groups in total. The Morgan fingerprint density at radius 1 is 0.295 bits per heavy atom. The Kier molecular flexibility index (Phi) is 65.3. The van der Waals surface area contributed by atoms with Crippen LogP contribution in [0, 0.1) is 0 Å². The molecule has 0 heterocycles. The number of aliphatic hydroxyl groups excluding tert-OH is 1. The molecular formula is C73H128O5. The zero-order valence-corrected chi connectivity index (χ0v) is 51.7. The Labute approximate surface area is 485 Å². The van der Waals surface area contributed by atoms with E-state index in [2.05, 4.69) is 111 Å². The summed E-state index contributed by atoms with van der Waals surface area (Å²) in [6.07, 6.45) is 97.2. The molecule has 0 aromatic heterocycles. The van der Waals surface area contributed by atoms with Crippen LogP contribution in [0.1, 0.15) is 335 Å². The van der Waals surface area contributed by atoms with Crippen molar-refractivity contribution in [3.63, 3.8) is 0 Å². The first-order chi connectivity index (χ1) is 38.6. The number of ether oxygens (including phenoxy) is 2. The van der Waals surface area contributed by atoms with Gasteiger partial charge in [0.05, 0.1) is 6.61 Å². The van der Waals surface area contributed by atoms with Gasteiger partial charge in [-0.25, -0.2) is 0 Å². The summed E-state index contributed by atoms with van der Waals surface area (Å²) in [7, 11) is 0. The number of allylic oxidation sites excluding steroid dienone is 16. The van der Waals surface area contributed by atoms with Crippen LogP contribution in [-0.2, 0) is 19.1 Å². The van der Waals surface area contributed by atoms with Crippen LogP contribution in [0.3, 0.4) is 0 Å². The molecule has 0 aliphatic heterocycles. The summed E-state index contributed by atoms with van der Waals surface area (Å²) >= 11 is 0. The maximum Gasteiger partial charge on any atom is 0.306 e. The molecule has 0 saturated heterocycles. The highest BCUT2D eigenvalue weighted by Gasteiger charge is 2.16. The molecule has 1 unspecified atom stereocenters. The van der Waals surface area contributed by atoms with E-state index >= 15 is 0 Å². The van der Waals surface area contributed by atoms with Crippen molar-refractivity contribution in [1.82, 2.24) is 0 Å². The third-order valence-electron chi connectivity index (χ3n) is 14.9. The van der Waals surface area contributed by atoms with Gasteiger partial charge in [-0.05, 0) is 89.9 Å². The molecule has 0 aromatic rings. The van der Waals surface area contributed by atoms with Gasteiger partial charge in [-0.1, -0.05) is 329 Å². The zero-order valence-electron chi connectivity index (χ0n) is 51.7. The molecular weight excluding hydrogens is 957 g/mol. The lowest BCUT2D eigenvalue weighted by Gasteiger charge is -2.15. The molecule has 5 nitrogen and oxygen atoms in total. The minimum absolute atomic E-state index is 0.0645. The molecule has 0 aliphatic carbocycles. The quantitative estimate of drug-likeness (QED) is 0.0373. The number of hydrogen-bond donors (Lipinski definition) is 1. The van der Waals surface area contributed by atoms with Crippen molar-refractivity contribution in [3.8, 4) is 0 Å². The summed E-state index contributed by atoms with van der Waals surface area (Å²) in [4.78, 5) is 24.6. The summed E-state index contributed by atoms with van der Waals surface area (Å²) < 4.78 is 10.8. The van der Waals surface area contributed by atoms with Crippen LogP contribution in [-0.4, -0.2) is 36.4 Å². The van der Waals surface area contributed by atoms with Crippen molar-refractivity contribution < 1.29 is 24.2 Å². The van der Waals surface area contributed by atoms with Crippen molar-refractivity contribution in [1.29, 1.82) is 0 Å². The van der Waals surface area contributed by atoms with E-state index in [9.17, 15) is 14.7 Å². The predicted molar refractivity (Wildman–Crippen MR) is 343 cm³/mol. The van der Waals surface area contributed by atoms with E-state index in [-0.39, 0.29) is 25.2 Å². The predicted octanol–water partition coefficient (Wildman–Crippen LogP) is 23.4. The fourth-order valence-corrected chi connectivity index (χ4v) is 9.90. The summed E-state index contributed by atoms with van der Waals surface area (Å²) in [5, 5.41) is 9.70. The first-order valence-corrected chi connectivity index (χ1v) is 33.8. The van der Waals surface area contributed by atoms with Gasteiger partial charge in [0.2, 0.25) is 0 Å². The third kappa shape index (κ3) is 65.3. The molecule has 0 radical (unpaired) electrons. The first kappa shape index (κ1) is 74.8. The third-order valence-corrected chi connectivity index (χ3v) is 14.9.